The lowest BCUT2D eigenvalue weighted by Gasteiger charge is -2.39. The summed E-state index contributed by atoms with van der Waals surface area (Å²) in [5.41, 5.74) is -1.23. The van der Waals surface area contributed by atoms with Gasteiger partial charge in [0, 0.05) is 13.1 Å². The predicted molar refractivity (Wildman–Crippen MR) is 74.4 cm³/mol. The molecule has 6 heteroatoms. The Kier molecular flexibility index (Phi) is 4.24. The van der Waals surface area contributed by atoms with Crippen molar-refractivity contribution in [3.63, 3.8) is 0 Å². The maximum atomic E-state index is 12.0. The van der Waals surface area contributed by atoms with Crippen LogP contribution >= 0.6 is 0 Å². The minimum Gasteiger partial charge on any atom is -0.444 e. The summed E-state index contributed by atoms with van der Waals surface area (Å²) in [6, 6.07) is 2.32. The number of carbonyl (C=O) groups excluding carboxylic acids is 2. The number of ketones is 1. The molecule has 0 bridgehead atoms. The molecule has 116 valence electrons. The SMILES string of the molecule is CC(C)(C)OC(=O)N1CCC(C#N)([C@@H]2COCC2=O)CC1. The number of Topliss-reactive ketones (excluding diaryl/α,β-unsaturated/α-hetero) is 1. The Balaban J connectivity index is 2.00. The van der Waals surface area contributed by atoms with Gasteiger partial charge in [-0.1, -0.05) is 0 Å². The monoisotopic (exact) mass is 294 g/mol. The lowest BCUT2D eigenvalue weighted by atomic mass is 9.69. The number of amides is 1. The number of piperidine rings is 1. The van der Waals surface area contributed by atoms with Crippen molar-refractivity contribution >= 4 is 11.9 Å². The molecular weight excluding hydrogens is 272 g/mol. The molecule has 0 aromatic heterocycles. The standard InChI is InChI=1S/C15H22N2O4/c1-14(2,3)21-13(19)17-6-4-15(10-16,5-7-17)11-8-20-9-12(11)18/h11H,4-9H2,1-3H3/t11-/m1/s1. The number of nitrogens with zero attached hydrogens (tertiary/aromatic N) is 2. The van der Waals surface area contributed by atoms with E-state index >= 15 is 0 Å². The molecule has 0 aliphatic carbocycles. The molecule has 2 rings (SSSR count). The van der Waals surface area contributed by atoms with E-state index < -0.39 is 11.0 Å². The van der Waals surface area contributed by atoms with Gasteiger partial charge in [-0.15, -0.1) is 0 Å². The molecule has 2 fully saturated rings. The fraction of sp³-hybridized carbons (Fsp3) is 0.800. The maximum absolute atomic E-state index is 12.0. The normalized spacial score (nSPS) is 25.5. The smallest absolute Gasteiger partial charge is 0.410 e. The van der Waals surface area contributed by atoms with E-state index in [1.54, 1.807) is 4.90 Å². The van der Waals surface area contributed by atoms with Gasteiger partial charge in [-0.25, -0.2) is 4.79 Å². The van der Waals surface area contributed by atoms with Crippen molar-refractivity contribution in [2.45, 2.75) is 39.2 Å². The third-order valence-corrected chi connectivity index (χ3v) is 4.11. The Morgan fingerprint density at radius 1 is 1.43 bits per heavy atom. The van der Waals surface area contributed by atoms with Crippen molar-refractivity contribution in [2.75, 3.05) is 26.3 Å². The second kappa shape index (κ2) is 5.64. The summed E-state index contributed by atoms with van der Waals surface area (Å²) >= 11 is 0. The Bertz CT molecular complexity index is 467. The van der Waals surface area contributed by atoms with Crippen LogP contribution < -0.4 is 0 Å². The minimum atomic E-state index is -0.702. The van der Waals surface area contributed by atoms with Crippen LogP contribution in [0.5, 0.6) is 0 Å². The van der Waals surface area contributed by atoms with Crippen LogP contribution in [0.1, 0.15) is 33.6 Å². The zero-order valence-corrected chi connectivity index (χ0v) is 12.8. The highest BCUT2D eigenvalue weighted by Crippen LogP contribution is 2.41. The molecule has 0 N–H and O–H groups in total. The van der Waals surface area contributed by atoms with Crippen LogP contribution in [0.25, 0.3) is 0 Å². The van der Waals surface area contributed by atoms with Gasteiger partial charge in [0.15, 0.2) is 5.78 Å². The van der Waals surface area contributed by atoms with Crippen molar-refractivity contribution < 1.29 is 19.1 Å². The number of likely N-dealkylation sites (tertiary alicyclic amines) is 1. The number of rotatable bonds is 1. The van der Waals surface area contributed by atoms with Crippen LogP contribution in [0.2, 0.25) is 0 Å². The van der Waals surface area contributed by atoms with Crippen LogP contribution in [0.4, 0.5) is 4.79 Å². The van der Waals surface area contributed by atoms with Gasteiger partial charge < -0.3 is 14.4 Å². The van der Waals surface area contributed by atoms with Gasteiger partial charge >= 0.3 is 6.09 Å². The average Bonchev–Trinajstić information content (AvgIpc) is 2.84. The van der Waals surface area contributed by atoms with Crippen LogP contribution in [0, 0.1) is 22.7 Å². The van der Waals surface area contributed by atoms with Crippen molar-refractivity contribution in [2.24, 2.45) is 11.3 Å². The van der Waals surface area contributed by atoms with E-state index in [4.69, 9.17) is 9.47 Å². The third-order valence-electron chi connectivity index (χ3n) is 4.11. The van der Waals surface area contributed by atoms with E-state index in [-0.39, 0.29) is 24.4 Å². The van der Waals surface area contributed by atoms with Crippen molar-refractivity contribution in [1.29, 1.82) is 5.26 Å². The first-order chi connectivity index (χ1) is 9.77. The maximum Gasteiger partial charge on any atom is 0.410 e. The molecule has 0 aromatic rings. The second-order valence-electron chi connectivity index (χ2n) is 6.77. The largest absolute Gasteiger partial charge is 0.444 e. The van der Waals surface area contributed by atoms with Gasteiger partial charge in [0.05, 0.1) is 24.0 Å². The van der Waals surface area contributed by atoms with E-state index in [1.807, 2.05) is 20.8 Å². The van der Waals surface area contributed by atoms with Crippen molar-refractivity contribution in [1.82, 2.24) is 4.90 Å². The summed E-state index contributed by atoms with van der Waals surface area (Å²) in [4.78, 5) is 25.5. The Morgan fingerprint density at radius 2 is 2.05 bits per heavy atom. The first-order valence-electron chi connectivity index (χ1n) is 7.27. The predicted octanol–water partition coefficient (Wildman–Crippen LogP) is 1.74. The van der Waals surface area contributed by atoms with Crippen molar-refractivity contribution in [3.8, 4) is 6.07 Å². The summed E-state index contributed by atoms with van der Waals surface area (Å²) in [5.74, 6) is -0.356. The average molecular weight is 294 g/mol. The molecule has 0 unspecified atom stereocenters. The highest BCUT2D eigenvalue weighted by Gasteiger charge is 2.48. The number of hydrogen-bond donors (Lipinski definition) is 0. The quantitative estimate of drug-likeness (QED) is 0.736. The highest BCUT2D eigenvalue weighted by molar-refractivity contribution is 5.85. The van der Waals surface area contributed by atoms with Crippen LogP contribution in [0.15, 0.2) is 0 Å². The van der Waals surface area contributed by atoms with Crippen LogP contribution in [-0.2, 0) is 14.3 Å². The first-order valence-corrected chi connectivity index (χ1v) is 7.27. The van der Waals surface area contributed by atoms with Crippen LogP contribution in [0.3, 0.4) is 0 Å². The molecule has 0 spiro atoms. The molecule has 21 heavy (non-hydrogen) atoms. The first kappa shape index (κ1) is 15.8. The number of ether oxygens (including phenoxy) is 2. The van der Waals surface area contributed by atoms with Gasteiger partial charge in [-0.3, -0.25) is 4.79 Å². The van der Waals surface area contributed by atoms with Gasteiger partial charge in [-0.05, 0) is 33.6 Å². The highest BCUT2D eigenvalue weighted by atomic mass is 16.6. The molecule has 0 saturated carbocycles. The fourth-order valence-electron chi connectivity index (χ4n) is 2.89. The zero-order valence-electron chi connectivity index (χ0n) is 12.8. The third kappa shape index (κ3) is 3.35. The van der Waals surface area contributed by atoms with E-state index in [0.717, 1.165) is 0 Å². The lowest BCUT2D eigenvalue weighted by Crippen LogP contribution is -2.48. The Morgan fingerprint density at radius 3 is 2.48 bits per heavy atom. The molecule has 6 nitrogen and oxygen atoms in total. The van der Waals surface area contributed by atoms with Crippen molar-refractivity contribution in [3.05, 3.63) is 0 Å². The molecule has 0 radical (unpaired) electrons. The molecule has 2 aliphatic rings. The molecular formula is C15H22N2O4. The van der Waals surface area contributed by atoms with Gasteiger partial charge in [0.2, 0.25) is 0 Å². The fourth-order valence-corrected chi connectivity index (χ4v) is 2.89. The molecule has 0 aromatic carbocycles. The number of nitriles is 1. The minimum absolute atomic E-state index is 0.00210. The summed E-state index contributed by atoms with van der Waals surface area (Å²) in [6.07, 6.45) is 0.619. The topological polar surface area (TPSA) is 79.6 Å². The second-order valence-corrected chi connectivity index (χ2v) is 6.77. The Hall–Kier alpha value is -1.61. The Labute approximate surface area is 125 Å². The summed E-state index contributed by atoms with van der Waals surface area (Å²) in [5, 5.41) is 9.54. The molecule has 2 aliphatic heterocycles. The number of hydrogen-bond acceptors (Lipinski definition) is 5. The summed E-state index contributed by atoms with van der Waals surface area (Å²) in [6.45, 7) is 6.76. The van der Waals surface area contributed by atoms with Gasteiger partial charge in [-0.2, -0.15) is 5.26 Å². The molecule has 2 heterocycles. The number of carbonyl (C=O) groups is 2. The van der Waals surface area contributed by atoms with E-state index in [1.165, 1.54) is 0 Å². The molecule has 2 saturated heterocycles. The van der Waals surface area contributed by atoms with E-state index in [9.17, 15) is 14.9 Å². The summed E-state index contributed by atoms with van der Waals surface area (Å²) < 4.78 is 10.5. The van der Waals surface area contributed by atoms with Crippen LogP contribution in [-0.4, -0.2) is 48.7 Å². The zero-order chi connectivity index (χ0) is 15.7. The van der Waals surface area contributed by atoms with Gasteiger partial charge in [0.1, 0.15) is 12.2 Å². The van der Waals surface area contributed by atoms with E-state index in [0.29, 0.717) is 32.5 Å². The van der Waals surface area contributed by atoms with Gasteiger partial charge in [0.25, 0.3) is 0 Å². The lowest BCUT2D eigenvalue weighted by molar-refractivity contribution is -0.123. The molecule has 1 amide bonds. The molecule has 1 atom stereocenters. The van der Waals surface area contributed by atoms with E-state index in [2.05, 4.69) is 6.07 Å². The summed E-state index contributed by atoms with van der Waals surface area (Å²) in [7, 11) is 0.